The van der Waals surface area contributed by atoms with Crippen LogP contribution in [0.3, 0.4) is 0 Å². The quantitative estimate of drug-likeness (QED) is 0.311. The molecule has 0 saturated heterocycles. The molecule has 0 amide bonds. The lowest BCUT2D eigenvalue weighted by Crippen LogP contribution is -2.20. The normalized spacial score (nSPS) is 26.3. The first kappa shape index (κ1) is 21.4. The molecule has 5 atom stereocenters. The maximum atomic E-state index is 10.5. The molecule has 146 valence electrons. The lowest BCUT2D eigenvalue weighted by Gasteiger charge is -2.19. The van der Waals surface area contributed by atoms with Crippen LogP contribution in [0.1, 0.15) is 37.0 Å². The number of hydrogen-bond acceptors (Lipinski definition) is 5. The van der Waals surface area contributed by atoms with Crippen LogP contribution in [0.2, 0.25) is 0 Å². The van der Waals surface area contributed by atoms with Gasteiger partial charge in [0.2, 0.25) is 0 Å². The zero-order valence-electron chi connectivity index (χ0n) is 15.1. The van der Waals surface area contributed by atoms with Gasteiger partial charge in [0.25, 0.3) is 0 Å². The van der Waals surface area contributed by atoms with Gasteiger partial charge in [-0.1, -0.05) is 36.1 Å². The second kappa shape index (κ2) is 11.1. The minimum absolute atomic E-state index is 0.135. The average molecular weight is 391 g/mol. The molecule has 0 unspecified atom stereocenters. The van der Waals surface area contributed by atoms with Crippen molar-refractivity contribution < 1.29 is 25.2 Å². The Hall–Kier alpha value is -1.91. The SMILES string of the molecule is O=C(O)CCC/C=C\C[C@@H]1[C@@H](/C=C/[C@@H](O)C#Cc2cccs2)[C@H](O)C[C@@H]1O. The largest absolute Gasteiger partial charge is 0.481 e. The molecule has 1 aliphatic carbocycles. The van der Waals surface area contributed by atoms with E-state index in [1.807, 2.05) is 29.7 Å². The Morgan fingerprint density at radius 1 is 1.33 bits per heavy atom. The first-order valence-electron chi connectivity index (χ1n) is 9.11. The van der Waals surface area contributed by atoms with E-state index in [1.165, 1.54) is 11.3 Å². The van der Waals surface area contributed by atoms with Crippen LogP contribution in [0.25, 0.3) is 0 Å². The molecule has 6 heteroatoms. The standard InChI is InChI=1S/C21H26O5S/c22-15(9-11-16-6-5-13-27-16)10-12-18-17(19(23)14-20(18)24)7-3-1-2-4-8-21(25)26/h1,3,5-6,10,12-13,15,17-20,22-24H,2,4,7-8,14H2,(H,25,26)/b3-1-,12-10+/t15-,17+,18+,19-,20+/m0/s1. The number of carbonyl (C=O) groups is 1. The van der Waals surface area contributed by atoms with Gasteiger partial charge >= 0.3 is 5.97 Å². The molecule has 1 saturated carbocycles. The van der Waals surface area contributed by atoms with Crippen molar-refractivity contribution in [2.75, 3.05) is 0 Å². The van der Waals surface area contributed by atoms with E-state index in [0.717, 1.165) is 4.88 Å². The van der Waals surface area contributed by atoms with E-state index in [4.69, 9.17) is 5.11 Å². The van der Waals surface area contributed by atoms with Crippen molar-refractivity contribution in [2.45, 2.75) is 50.4 Å². The third-order valence-electron chi connectivity index (χ3n) is 4.63. The number of unbranched alkanes of at least 4 members (excludes halogenated alkanes) is 1. The lowest BCUT2D eigenvalue weighted by molar-refractivity contribution is -0.137. The van der Waals surface area contributed by atoms with Gasteiger partial charge in [0.1, 0.15) is 6.10 Å². The Morgan fingerprint density at radius 3 is 2.85 bits per heavy atom. The van der Waals surface area contributed by atoms with Crippen molar-refractivity contribution in [3.8, 4) is 11.8 Å². The summed E-state index contributed by atoms with van der Waals surface area (Å²) in [7, 11) is 0. The predicted molar refractivity (Wildman–Crippen MR) is 105 cm³/mol. The first-order valence-corrected chi connectivity index (χ1v) is 9.99. The minimum Gasteiger partial charge on any atom is -0.481 e. The fourth-order valence-corrected chi connectivity index (χ4v) is 3.80. The third-order valence-corrected chi connectivity index (χ3v) is 5.42. The highest BCUT2D eigenvalue weighted by molar-refractivity contribution is 7.10. The van der Waals surface area contributed by atoms with Crippen molar-refractivity contribution in [1.82, 2.24) is 0 Å². The van der Waals surface area contributed by atoms with Gasteiger partial charge in [-0.25, -0.2) is 0 Å². The van der Waals surface area contributed by atoms with Crippen LogP contribution in [-0.4, -0.2) is 44.7 Å². The number of aliphatic hydroxyl groups is 3. The smallest absolute Gasteiger partial charge is 0.303 e. The number of carboxylic acid groups (broad SMARTS) is 1. The number of hydrogen-bond donors (Lipinski definition) is 4. The molecule has 2 rings (SSSR count). The molecule has 27 heavy (non-hydrogen) atoms. The molecule has 1 aromatic rings. The Kier molecular flexibility index (Phi) is 8.76. The summed E-state index contributed by atoms with van der Waals surface area (Å²) in [4.78, 5) is 11.4. The van der Waals surface area contributed by atoms with E-state index >= 15 is 0 Å². The van der Waals surface area contributed by atoms with E-state index in [9.17, 15) is 20.1 Å². The van der Waals surface area contributed by atoms with Gasteiger partial charge in [0.05, 0.1) is 17.1 Å². The molecular weight excluding hydrogens is 364 g/mol. The van der Waals surface area contributed by atoms with Gasteiger partial charge in [-0.3, -0.25) is 4.79 Å². The monoisotopic (exact) mass is 390 g/mol. The van der Waals surface area contributed by atoms with Gasteiger partial charge in [-0.2, -0.15) is 0 Å². The fourth-order valence-electron chi connectivity index (χ4n) is 3.23. The van der Waals surface area contributed by atoms with Crippen LogP contribution in [0.5, 0.6) is 0 Å². The van der Waals surface area contributed by atoms with Gasteiger partial charge in [-0.15, -0.1) is 11.3 Å². The highest BCUT2D eigenvalue weighted by Gasteiger charge is 2.39. The van der Waals surface area contributed by atoms with Gasteiger partial charge < -0.3 is 20.4 Å². The summed E-state index contributed by atoms with van der Waals surface area (Å²) in [6.07, 6.45) is 7.29. The Bertz CT molecular complexity index is 698. The predicted octanol–water partition coefficient (Wildman–Crippen LogP) is 2.58. The summed E-state index contributed by atoms with van der Waals surface area (Å²) in [5, 5.41) is 40.9. The van der Waals surface area contributed by atoms with Gasteiger partial charge in [0.15, 0.2) is 0 Å². The topological polar surface area (TPSA) is 98.0 Å². The zero-order chi connectivity index (χ0) is 19.6. The second-order valence-corrected chi connectivity index (χ2v) is 7.63. The number of carboxylic acids is 1. The van der Waals surface area contributed by atoms with E-state index in [2.05, 4.69) is 11.8 Å². The summed E-state index contributed by atoms with van der Waals surface area (Å²) in [6.45, 7) is 0. The van der Waals surface area contributed by atoms with Crippen LogP contribution < -0.4 is 0 Å². The molecule has 4 N–H and O–H groups in total. The van der Waals surface area contributed by atoms with Gasteiger partial charge in [0, 0.05) is 18.8 Å². The van der Waals surface area contributed by atoms with E-state index in [-0.39, 0.29) is 18.3 Å². The minimum atomic E-state index is -0.927. The highest BCUT2D eigenvalue weighted by atomic mass is 32.1. The third kappa shape index (κ3) is 7.31. The molecule has 0 spiro atoms. The zero-order valence-corrected chi connectivity index (χ0v) is 15.9. The molecule has 0 aromatic carbocycles. The van der Waals surface area contributed by atoms with Crippen LogP contribution in [0, 0.1) is 23.7 Å². The summed E-state index contributed by atoms with van der Waals surface area (Å²) in [5.41, 5.74) is 0. The molecule has 0 bridgehead atoms. The molecule has 1 aromatic heterocycles. The van der Waals surface area contributed by atoms with Crippen LogP contribution in [-0.2, 0) is 4.79 Å². The van der Waals surface area contributed by atoms with Gasteiger partial charge in [-0.05, 0) is 42.7 Å². The van der Waals surface area contributed by atoms with Crippen molar-refractivity contribution in [2.24, 2.45) is 11.8 Å². The molecule has 0 aliphatic heterocycles. The van der Waals surface area contributed by atoms with Crippen molar-refractivity contribution >= 4 is 17.3 Å². The van der Waals surface area contributed by atoms with Crippen molar-refractivity contribution in [3.05, 3.63) is 46.7 Å². The summed E-state index contributed by atoms with van der Waals surface area (Å²) in [6, 6.07) is 3.77. The first-order chi connectivity index (χ1) is 13.0. The number of allylic oxidation sites excluding steroid dienone is 2. The summed E-state index contributed by atoms with van der Waals surface area (Å²) in [5.74, 6) is 4.46. The van der Waals surface area contributed by atoms with Crippen LogP contribution >= 0.6 is 11.3 Å². The molecule has 0 radical (unpaired) electrons. The Balaban J connectivity index is 1.88. The number of rotatable bonds is 8. The Morgan fingerprint density at radius 2 is 2.15 bits per heavy atom. The van der Waals surface area contributed by atoms with Crippen molar-refractivity contribution in [1.29, 1.82) is 0 Å². The Labute approximate surface area is 163 Å². The highest BCUT2D eigenvalue weighted by Crippen LogP contribution is 2.36. The van der Waals surface area contributed by atoms with E-state index in [1.54, 1.807) is 12.2 Å². The van der Waals surface area contributed by atoms with E-state index in [0.29, 0.717) is 25.7 Å². The summed E-state index contributed by atoms with van der Waals surface area (Å²) < 4.78 is 0. The lowest BCUT2D eigenvalue weighted by atomic mass is 9.89. The number of aliphatic hydroxyl groups excluding tert-OH is 3. The maximum absolute atomic E-state index is 10.5. The number of aliphatic carboxylic acids is 1. The van der Waals surface area contributed by atoms with Crippen LogP contribution in [0.15, 0.2) is 41.8 Å². The second-order valence-electron chi connectivity index (χ2n) is 6.68. The van der Waals surface area contributed by atoms with Crippen molar-refractivity contribution in [3.63, 3.8) is 0 Å². The fraction of sp³-hybridized carbons (Fsp3) is 0.476. The molecular formula is C21H26O5S. The summed E-state index contributed by atoms with van der Waals surface area (Å²) >= 11 is 1.50. The average Bonchev–Trinajstić information content (AvgIpc) is 3.22. The molecule has 1 fully saturated rings. The molecule has 1 heterocycles. The number of thiophene rings is 1. The molecule has 1 aliphatic rings. The molecule has 5 nitrogen and oxygen atoms in total. The van der Waals surface area contributed by atoms with E-state index < -0.39 is 24.3 Å². The maximum Gasteiger partial charge on any atom is 0.303 e. The van der Waals surface area contributed by atoms with Crippen LogP contribution in [0.4, 0.5) is 0 Å².